The highest BCUT2D eigenvalue weighted by atomic mass is 16.4. The zero-order valence-electron chi connectivity index (χ0n) is 18.4. The minimum absolute atomic E-state index is 0.0791. The summed E-state index contributed by atoms with van der Waals surface area (Å²) in [6.45, 7) is 4.24. The first kappa shape index (κ1) is 22.7. The molecule has 4 N–H and O–H groups in total. The van der Waals surface area contributed by atoms with E-state index in [4.69, 9.17) is 5.11 Å². The summed E-state index contributed by atoms with van der Waals surface area (Å²) in [7, 11) is 2.08. The Hall–Kier alpha value is -3.46. The second-order valence-electron chi connectivity index (χ2n) is 8.39. The van der Waals surface area contributed by atoms with Crippen molar-refractivity contribution >= 4 is 22.6 Å². The van der Waals surface area contributed by atoms with Gasteiger partial charge in [0.05, 0.1) is 12.2 Å². The SMILES string of the molecule is CN1CCN(CNC(=O)c2ccc3cc(O)c(C(O)c4ccc(C(=O)O)cc4)cc3c2)CC1. The van der Waals surface area contributed by atoms with Crippen molar-refractivity contribution in [1.29, 1.82) is 0 Å². The third-order valence-electron chi connectivity index (χ3n) is 6.08. The van der Waals surface area contributed by atoms with Crippen molar-refractivity contribution in [2.45, 2.75) is 6.10 Å². The van der Waals surface area contributed by atoms with Gasteiger partial charge in [-0.25, -0.2) is 4.79 Å². The first-order valence-electron chi connectivity index (χ1n) is 10.8. The highest BCUT2D eigenvalue weighted by Gasteiger charge is 2.18. The fourth-order valence-corrected chi connectivity index (χ4v) is 3.94. The number of carbonyl (C=O) groups is 2. The van der Waals surface area contributed by atoms with Crippen LogP contribution in [-0.4, -0.2) is 76.9 Å². The van der Waals surface area contributed by atoms with Crippen molar-refractivity contribution < 1.29 is 24.9 Å². The van der Waals surface area contributed by atoms with Gasteiger partial charge in [-0.2, -0.15) is 0 Å². The van der Waals surface area contributed by atoms with Gasteiger partial charge in [-0.05, 0) is 59.8 Å². The third kappa shape index (κ3) is 5.14. The number of amides is 1. The average Bonchev–Trinajstić information content (AvgIpc) is 2.82. The summed E-state index contributed by atoms with van der Waals surface area (Å²) in [4.78, 5) is 28.2. The summed E-state index contributed by atoms with van der Waals surface area (Å²) in [5.41, 5.74) is 1.34. The van der Waals surface area contributed by atoms with Crippen LogP contribution in [-0.2, 0) is 0 Å². The van der Waals surface area contributed by atoms with Crippen molar-refractivity contribution in [3.63, 3.8) is 0 Å². The van der Waals surface area contributed by atoms with E-state index in [9.17, 15) is 19.8 Å². The van der Waals surface area contributed by atoms with Gasteiger partial charge in [0.15, 0.2) is 0 Å². The number of hydrogen-bond donors (Lipinski definition) is 4. The molecule has 4 rings (SSSR count). The Balaban J connectivity index is 1.53. The Morgan fingerprint density at radius 3 is 2.27 bits per heavy atom. The number of aromatic carboxylic acids is 1. The van der Waals surface area contributed by atoms with E-state index in [2.05, 4.69) is 22.2 Å². The highest BCUT2D eigenvalue weighted by Crippen LogP contribution is 2.33. The lowest BCUT2D eigenvalue weighted by atomic mass is 9.96. The van der Waals surface area contributed by atoms with Crippen molar-refractivity contribution in [3.05, 3.63) is 76.9 Å². The van der Waals surface area contributed by atoms with Gasteiger partial charge < -0.3 is 25.5 Å². The molecule has 1 fully saturated rings. The number of rotatable bonds is 6. The molecule has 8 heteroatoms. The molecule has 8 nitrogen and oxygen atoms in total. The molecule has 172 valence electrons. The van der Waals surface area contributed by atoms with E-state index >= 15 is 0 Å². The van der Waals surface area contributed by atoms with Gasteiger partial charge in [0.25, 0.3) is 5.91 Å². The van der Waals surface area contributed by atoms with Crippen molar-refractivity contribution in [2.24, 2.45) is 0 Å². The Morgan fingerprint density at radius 2 is 1.61 bits per heavy atom. The molecule has 0 aliphatic carbocycles. The van der Waals surface area contributed by atoms with Crippen LogP contribution in [0.15, 0.2) is 54.6 Å². The number of aromatic hydroxyl groups is 1. The standard InChI is InChI=1S/C25H27N3O5/c1-27-8-10-28(11-9-27)15-26-24(31)19-7-6-18-14-22(29)21(13-20(18)12-19)23(30)16-2-4-17(5-3-16)25(32)33/h2-7,12-14,23,29-30H,8-11,15H2,1H3,(H,26,31)(H,32,33). The summed E-state index contributed by atoms with van der Waals surface area (Å²) >= 11 is 0. The maximum Gasteiger partial charge on any atom is 0.335 e. The van der Waals surface area contributed by atoms with Crippen LogP contribution in [0.3, 0.4) is 0 Å². The number of piperazine rings is 1. The number of phenols is 1. The smallest absolute Gasteiger partial charge is 0.335 e. The molecule has 3 aromatic rings. The molecule has 1 aliphatic rings. The molecule has 0 aromatic heterocycles. The molecule has 0 saturated carbocycles. The predicted molar refractivity (Wildman–Crippen MR) is 124 cm³/mol. The van der Waals surface area contributed by atoms with E-state index in [1.807, 2.05) is 0 Å². The van der Waals surface area contributed by atoms with Crippen molar-refractivity contribution in [3.8, 4) is 5.75 Å². The fraction of sp³-hybridized carbons (Fsp3) is 0.280. The minimum Gasteiger partial charge on any atom is -0.508 e. The van der Waals surface area contributed by atoms with E-state index in [0.29, 0.717) is 23.2 Å². The molecule has 3 aromatic carbocycles. The van der Waals surface area contributed by atoms with Crippen LogP contribution >= 0.6 is 0 Å². The van der Waals surface area contributed by atoms with Gasteiger partial charge >= 0.3 is 5.97 Å². The molecule has 0 radical (unpaired) electrons. The average molecular weight is 450 g/mol. The van der Waals surface area contributed by atoms with Crippen molar-refractivity contribution in [2.75, 3.05) is 39.9 Å². The quantitative estimate of drug-likeness (QED) is 0.457. The number of aliphatic hydroxyl groups is 1. The summed E-state index contributed by atoms with van der Waals surface area (Å²) in [6.07, 6.45) is -1.15. The molecular weight excluding hydrogens is 422 g/mol. The van der Waals surface area contributed by atoms with Crippen LogP contribution in [0.1, 0.15) is 37.9 Å². The lowest BCUT2D eigenvalue weighted by Crippen LogP contribution is -2.48. The number of benzene rings is 3. The Labute approximate surface area is 191 Å². The summed E-state index contributed by atoms with van der Waals surface area (Å²) in [5.74, 6) is -1.32. The maximum absolute atomic E-state index is 12.7. The molecule has 0 bridgehead atoms. The lowest BCUT2D eigenvalue weighted by molar-refractivity contribution is 0.0696. The maximum atomic E-state index is 12.7. The van der Waals surface area contributed by atoms with Gasteiger partial charge in [-0.1, -0.05) is 18.2 Å². The van der Waals surface area contributed by atoms with Crippen LogP contribution in [0, 0.1) is 0 Å². The molecule has 1 aliphatic heterocycles. The number of hydrogen-bond acceptors (Lipinski definition) is 6. The van der Waals surface area contributed by atoms with E-state index in [1.54, 1.807) is 30.3 Å². The number of aliphatic hydroxyl groups excluding tert-OH is 1. The van der Waals surface area contributed by atoms with E-state index in [1.165, 1.54) is 24.3 Å². The predicted octanol–water partition coefficient (Wildman–Crippen LogP) is 2.26. The number of likely N-dealkylation sites (N-methyl/N-ethyl adjacent to an activating group) is 1. The van der Waals surface area contributed by atoms with Crippen LogP contribution in [0.2, 0.25) is 0 Å². The lowest BCUT2D eigenvalue weighted by Gasteiger charge is -2.32. The number of nitrogens with one attached hydrogen (secondary N) is 1. The number of carboxylic acids is 1. The van der Waals surface area contributed by atoms with E-state index in [0.717, 1.165) is 31.6 Å². The Bertz CT molecular complexity index is 1170. The normalized spacial score (nSPS) is 15.9. The number of carbonyl (C=O) groups excluding carboxylic acids is 1. The zero-order valence-corrected chi connectivity index (χ0v) is 18.4. The van der Waals surface area contributed by atoms with Crippen LogP contribution in [0.4, 0.5) is 0 Å². The van der Waals surface area contributed by atoms with Gasteiger partial charge in [0.2, 0.25) is 0 Å². The van der Waals surface area contributed by atoms with Crippen molar-refractivity contribution in [1.82, 2.24) is 15.1 Å². The molecule has 1 atom stereocenters. The molecular formula is C25H27N3O5. The molecule has 1 amide bonds. The van der Waals surface area contributed by atoms with Gasteiger partial charge in [0.1, 0.15) is 11.9 Å². The van der Waals surface area contributed by atoms with E-state index in [-0.39, 0.29) is 22.8 Å². The highest BCUT2D eigenvalue weighted by molar-refractivity contribution is 5.99. The second-order valence-corrected chi connectivity index (χ2v) is 8.39. The fourth-order valence-electron chi connectivity index (χ4n) is 3.94. The Kier molecular flexibility index (Phi) is 6.60. The molecule has 0 spiro atoms. The summed E-state index contributed by atoms with van der Waals surface area (Å²) in [6, 6.07) is 14.2. The van der Waals surface area contributed by atoms with Gasteiger partial charge in [-0.15, -0.1) is 0 Å². The summed E-state index contributed by atoms with van der Waals surface area (Å²) < 4.78 is 0. The topological polar surface area (TPSA) is 113 Å². The number of phenolic OH excluding ortho intramolecular Hbond substituents is 1. The zero-order chi connectivity index (χ0) is 23.5. The molecule has 1 unspecified atom stereocenters. The summed E-state index contributed by atoms with van der Waals surface area (Å²) in [5, 5.41) is 34.7. The number of carboxylic acid groups (broad SMARTS) is 1. The minimum atomic E-state index is -1.15. The third-order valence-corrected chi connectivity index (χ3v) is 6.08. The molecule has 1 heterocycles. The molecule has 1 saturated heterocycles. The Morgan fingerprint density at radius 1 is 0.939 bits per heavy atom. The van der Waals surface area contributed by atoms with Gasteiger partial charge in [-0.3, -0.25) is 9.69 Å². The second kappa shape index (κ2) is 9.58. The first-order chi connectivity index (χ1) is 15.8. The van der Waals surface area contributed by atoms with Gasteiger partial charge in [0, 0.05) is 37.3 Å². The van der Waals surface area contributed by atoms with Crippen LogP contribution < -0.4 is 5.32 Å². The number of fused-ring (bicyclic) bond motifs is 1. The van der Waals surface area contributed by atoms with Crippen LogP contribution in [0.5, 0.6) is 5.75 Å². The largest absolute Gasteiger partial charge is 0.508 e. The monoisotopic (exact) mass is 449 g/mol. The van der Waals surface area contributed by atoms with Crippen LogP contribution in [0.25, 0.3) is 10.8 Å². The number of nitrogens with zero attached hydrogens (tertiary/aromatic N) is 2. The first-order valence-corrected chi connectivity index (χ1v) is 10.8. The molecule has 33 heavy (non-hydrogen) atoms. The van der Waals surface area contributed by atoms with E-state index < -0.39 is 12.1 Å².